The van der Waals surface area contributed by atoms with Crippen molar-refractivity contribution < 1.29 is 43.5 Å². The molecule has 0 radical (unpaired) electrons. The summed E-state index contributed by atoms with van der Waals surface area (Å²) in [6.45, 7) is 5.27. The lowest BCUT2D eigenvalue weighted by Crippen LogP contribution is -2.63. The summed E-state index contributed by atoms with van der Waals surface area (Å²) in [6, 6.07) is -0.385. The van der Waals surface area contributed by atoms with Crippen LogP contribution in [0.3, 0.4) is 0 Å². The zero-order valence-electron chi connectivity index (χ0n) is 22.8. The summed E-state index contributed by atoms with van der Waals surface area (Å²) in [5.41, 5.74) is 2.50. The summed E-state index contributed by atoms with van der Waals surface area (Å²) in [5.74, 6) is -2.02. The summed E-state index contributed by atoms with van der Waals surface area (Å²) < 4.78 is 21.3. The smallest absolute Gasteiger partial charge is 0.431 e. The molecule has 1 saturated heterocycles. The standard InChI is InChI=1S/C27H36N2O9S2/c1-15-22-21(16(2)31)25(32)29(22)23(24(15)39-12-9-20-19(28-14-40-20)13-35-11-10-30)26(33)36-17(3)37-27(34)38-18-7-5-4-6-8-18/h9,12,14-18,21-22,30-31H,4-8,10-11,13H2,1-3H3/t15-,16-,17?,21-,22-/m1/s1. The highest BCUT2D eigenvalue weighted by molar-refractivity contribution is 8.06. The minimum Gasteiger partial charge on any atom is -0.431 e. The van der Waals surface area contributed by atoms with Crippen molar-refractivity contribution in [2.24, 2.45) is 11.8 Å². The molecule has 2 N–H and O–H groups in total. The Morgan fingerprint density at radius 3 is 2.70 bits per heavy atom. The van der Waals surface area contributed by atoms with Gasteiger partial charge < -0.3 is 34.1 Å². The maximum Gasteiger partial charge on any atom is 0.511 e. The molecular weight excluding hydrogens is 560 g/mol. The molecule has 220 valence electrons. The lowest BCUT2D eigenvalue weighted by molar-refractivity contribution is -0.174. The normalized spacial score (nSPS) is 24.6. The molecular formula is C27H36N2O9S2. The van der Waals surface area contributed by atoms with Crippen LogP contribution < -0.4 is 0 Å². The van der Waals surface area contributed by atoms with Gasteiger partial charge in [-0.1, -0.05) is 25.1 Å². The molecule has 11 nitrogen and oxygen atoms in total. The minimum atomic E-state index is -1.23. The largest absolute Gasteiger partial charge is 0.511 e. The van der Waals surface area contributed by atoms with Gasteiger partial charge in [-0.25, -0.2) is 14.6 Å². The Bertz CT molecular complexity index is 1130. The Kier molecular flexibility index (Phi) is 10.6. The van der Waals surface area contributed by atoms with Crippen LogP contribution in [-0.2, 0) is 35.1 Å². The van der Waals surface area contributed by atoms with Crippen LogP contribution >= 0.6 is 23.1 Å². The fourth-order valence-electron chi connectivity index (χ4n) is 5.31. The van der Waals surface area contributed by atoms with E-state index in [-0.39, 0.29) is 49.5 Å². The van der Waals surface area contributed by atoms with E-state index in [1.807, 2.05) is 13.0 Å². The third-order valence-electron chi connectivity index (χ3n) is 7.21. The summed E-state index contributed by atoms with van der Waals surface area (Å²) in [5, 5.41) is 20.9. The lowest BCUT2D eigenvalue weighted by atomic mass is 9.79. The van der Waals surface area contributed by atoms with Crippen LogP contribution in [0, 0.1) is 11.8 Å². The molecule has 1 saturated carbocycles. The van der Waals surface area contributed by atoms with E-state index in [0.29, 0.717) is 4.91 Å². The molecule has 1 aliphatic carbocycles. The van der Waals surface area contributed by atoms with Gasteiger partial charge in [-0.15, -0.1) is 11.3 Å². The fourth-order valence-corrected chi connectivity index (χ4v) is 7.08. The second-order valence-electron chi connectivity index (χ2n) is 10.0. The third-order valence-corrected chi connectivity index (χ3v) is 9.14. The van der Waals surface area contributed by atoms with Gasteiger partial charge in [0, 0.05) is 17.7 Å². The zero-order chi connectivity index (χ0) is 28.8. The molecule has 3 heterocycles. The van der Waals surface area contributed by atoms with Gasteiger partial charge in [0.15, 0.2) is 0 Å². The first-order chi connectivity index (χ1) is 19.2. The number of thioether (sulfide) groups is 1. The number of aromatic nitrogens is 1. The number of carbonyl (C=O) groups is 3. The van der Waals surface area contributed by atoms with Crippen LogP contribution in [-0.4, -0.2) is 75.9 Å². The fraction of sp³-hybridized carbons (Fsp3) is 0.630. The van der Waals surface area contributed by atoms with E-state index in [0.717, 1.165) is 42.7 Å². The van der Waals surface area contributed by atoms with Crippen LogP contribution in [0.15, 0.2) is 21.5 Å². The van der Waals surface area contributed by atoms with Crippen LogP contribution in [0.2, 0.25) is 0 Å². The summed E-state index contributed by atoms with van der Waals surface area (Å²) in [4.78, 5) is 45.7. The highest BCUT2D eigenvalue weighted by atomic mass is 32.2. The maximum atomic E-state index is 13.3. The van der Waals surface area contributed by atoms with E-state index >= 15 is 0 Å². The van der Waals surface area contributed by atoms with Crippen molar-refractivity contribution >= 4 is 47.2 Å². The predicted molar refractivity (Wildman–Crippen MR) is 147 cm³/mol. The lowest BCUT2D eigenvalue weighted by Gasteiger charge is -2.46. The van der Waals surface area contributed by atoms with Crippen molar-refractivity contribution in [3.63, 3.8) is 0 Å². The van der Waals surface area contributed by atoms with E-state index in [1.165, 1.54) is 34.9 Å². The van der Waals surface area contributed by atoms with Crippen molar-refractivity contribution in [2.45, 2.75) is 84.0 Å². The Hall–Kier alpha value is -2.45. The zero-order valence-corrected chi connectivity index (χ0v) is 24.4. The minimum absolute atomic E-state index is 0.0781. The summed E-state index contributed by atoms with van der Waals surface area (Å²) in [6.07, 6.45) is 3.31. The van der Waals surface area contributed by atoms with Gasteiger partial charge >= 0.3 is 12.1 Å². The number of ether oxygens (including phenoxy) is 4. The molecule has 0 bridgehead atoms. The van der Waals surface area contributed by atoms with E-state index in [4.69, 9.17) is 24.1 Å². The number of hydrogen-bond acceptors (Lipinski definition) is 12. The second kappa shape index (κ2) is 13.9. The Labute approximate surface area is 241 Å². The first-order valence-electron chi connectivity index (χ1n) is 13.5. The molecule has 5 atom stereocenters. The highest BCUT2D eigenvalue weighted by Crippen LogP contribution is 2.51. The number of rotatable bonds is 12. The van der Waals surface area contributed by atoms with Crippen molar-refractivity contribution in [3.05, 3.63) is 32.1 Å². The molecule has 1 amide bonds. The van der Waals surface area contributed by atoms with Crippen LogP contribution in [0.1, 0.15) is 63.4 Å². The molecule has 0 aromatic carbocycles. The number of aliphatic hydroxyl groups is 2. The quantitative estimate of drug-likeness (QED) is 0.157. The van der Waals surface area contributed by atoms with Crippen LogP contribution in [0.25, 0.3) is 6.08 Å². The van der Waals surface area contributed by atoms with Crippen molar-refractivity contribution in [1.29, 1.82) is 0 Å². The first kappa shape index (κ1) is 30.5. The molecule has 3 aliphatic rings. The molecule has 1 aromatic heterocycles. The number of thiazole rings is 1. The Morgan fingerprint density at radius 1 is 1.25 bits per heavy atom. The van der Waals surface area contributed by atoms with Gasteiger partial charge in [0.2, 0.25) is 12.2 Å². The molecule has 2 fully saturated rings. The number of esters is 1. The van der Waals surface area contributed by atoms with E-state index in [9.17, 15) is 19.5 Å². The van der Waals surface area contributed by atoms with Crippen LogP contribution in [0.4, 0.5) is 4.79 Å². The number of fused-ring (bicyclic) bond motifs is 1. The van der Waals surface area contributed by atoms with Gasteiger partial charge in [0.1, 0.15) is 11.8 Å². The van der Waals surface area contributed by atoms with E-state index < -0.39 is 30.4 Å². The predicted octanol–water partition coefficient (Wildman–Crippen LogP) is 3.80. The van der Waals surface area contributed by atoms with Gasteiger partial charge in [-0.05, 0) is 44.1 Å². The molecule has 1 aromatic rings. The monoisotopic (exact) mass is 596 g/mol. The molecule has 13 heteroatoms. The van der Waals surface area contributed by atoms with Crippen molar-refractivity contribution in [1.82, 2.24) is 9.88 Å². The number of β-lactam (4-membered cyclic amide) rings is 1. The molecule has 1 unspecified atom stereocenters. The average molecular weight is 597 g/mol. The van der Waals surface area contributed by atoms with Gasteiger partial charge in [-0.2, -0.15) is 0 Å². The van der Waals surface area contributed by atoms with Crippen LogP contribution in [0.5, 0.6) is 0 Å². The maximum absolute atomic E-state index is 13.3. The third kappa shape index (κ3) is 6.88. The first-order valence-corrected chi connectivity index (χ1v) is 15.3. The highest BCUT2D eigenvalue weighted by Gasteiger charge is 2.60. The molecule has 2 aliphatic heterocycles. The topological polar surface area (TPSA) is 145 Å². The summed E-state index contributed by atoms with van der Waals surface area (Å²) in [7, 11) is 0. The molecule has 4 rings (SSSR count). The Morgan fingerprint density at radius 2 is 2.00 bits per heavy atom. The van der Waals surface area contributed by atoms with Crippen molar-refractivity contribution in [2.75, 3.05) is 13.2 Å². The van der Waals surface area contributed by atoms with E-state index in [1.54, 1.807) is 17.8 Å². The SMILES string of the molecule is CC(OC(=O)OC1CCCCC1)OC(=O)C1=C(SC=Cc2scnc2COCCO)[C@H](C)[C@@H]2[C@@H]([C@@H](C)O)C(=O)N12. The number of hydrogen-bond donors (Lipinski definition) is 2. The van der Waals surface area contributed by atoms with Gasteiger partial charge in [-0.3, -0.25) is 4.79 Å². The number of aliphatic hydroxyl groups excluding tert-OH is 2. The van der Waals surface area contributed by atoms with Gasteiger partial charge in [0.05, 0.1) is 54.0 Å². The second-order valence-corrected chi connectivity index (χ2v) is 11.9. The number of carbonyl (C=O) groups excluding carboxylic acids is 3. The number of amides is 1. The molecule has 0 spiro atoms. The Balaban J connectivity index is 1.46. The van der Waals surface area contributed by atoms with Crippen molar-refractivity contribution in [3.8, 4) is 0 Å². The average Bonchev–Trinajstić information content (AvgIpc) is 3.44. The molecule has 40 heavy (non-hydrogen) atoms. The van der Waals surface area contributed by atoms with Gasteiger partial charge in [0.25, 0.3) is 0 Å². The number of nitrogens with zero attached hydrogens (tertiary/aromatic N) is 2. The van der Waals surface area contributed by atoms with E-state index in [2.05, 4.69) is 4.98 Å². The summed E-state index contributed by atoms with van der Waals surface area (Å²) >= 11 is 2.70.